The van der Waals surface area contributed by atoms with Crippen molar-refractivity contribution in [2.45, 2.75) is 32.1 Å². The molecule has 0 aliphatic heterocycles. The highest BCUT2D eigenvalue weighted by atomic mass is 35.5. The highest BCUT2D eigenvalue weighted by molar-refractivity contribution is 6.21. The highest BCUT2D eigenvalue weighted by Crippen LogP contribution is 2.19. The number of benzene rings is 1. The molecule has 112 valence electrons. The van der Waals surface area contributed by atoms with Gasteiger partial charge >= 0.3 is 0 Å². The Morgan fingerprint density at radius 2 is 1.95 bits per heavy atom. The van der Waals surface area contributed by atoms with E-state index in [0.29, 0.717) is 18.2 Å². The Hall–Kier alpha value is -1.61. The first kappa shape index (κ1) is 15.8. The normalized spacial score (nSPS) is 12.6. The van der Waals surface area contributed by atoms with Gasteiger partial charge in [-0.25, -0.2) is 0 Å². The molecule has 0 aliphatic rings. The van der Waals surface area contributed by atoms with E-state index in [4.69, 9.17) is 11.6 Å². The number of carbonyl (C=O) groups is 1. The molecule has 1 aromatic carbocycles. The van der Waals surface area contributed by atoms with Crippen molar-refractivity contribution in [1.82, 2.24) is 10.3 Å². The third-order valence-corrected chi connectivity index (χ3v) is 4.42. The van der Waals surface area contributed by atoms with Crippen molar-refractivity contribution in [3.8, 4) is 0 Å². The van der Waals surface area contributed by atoms with Gasteiger partial charge in [0, 0.05) is 18.1 Å². The van der Waals surface area contributed by atoms with Crippen LogP contribution in [0.5, 0.6) is 0 Å². The summed E-state index contributed by atoms with van der Waals surface area (Å²) in [5.41, 5.74) is 0.460. The van der Waals surface area contributed by atoms with E-state index in [1.165, 1.54) is 0 Å². The lowest BCUT2D eigenvalue weighted by Crippen LogP contribution is -2.33. The molecule has 3 nitrogen and oxygen atoms in total. The van der Waals surface area contributed by atoms with Gasteiger partial charge < -0.3 is 5.32 Å². The van der Waals surface area contributed by atoms with Gasteiger partial charge in [0.2, 0.25) is 0 Å². The molecule has 0 saturated carbocycles. The lowest BCUT2D eigenvalue weighted by Gasteiger charge is -2.19. The number of hydrogen-bond donors (Lipinski definition) is 1. The van der Waals surface area contributed by atoms with Crippen LogP contribution in [-0.4, -0.2) is 22.8 Å². The van der Waals surface area contributed by atoms with E-state index >= 15 is 0 Å². The van der Waals surface area contributed by atoms with Crippen molar-refractivity contribution < 1.29 is 4.79 Å². The second-order valence-corrected chi connectivity index (χ2v) is 5.74. The zero-order chi connectivity index (χ0) is 15.2. The third kappa shape index (κ3) is 3.73. The van der Waals surface area contributed by atoms with Gasteiger partial charge in [-0.15, -0.1) is 11.6 Å². The van der Waals surface area contributed by atoms with Crippen LogP contribution in [0.15, 0.2) is 36.5 Å². The average molecular weight is 305 g/mol. The van der Waals surface area contributed by atoms with E-state index < -0.39 is 0 Å². The molecular weight excluding hydrogens is 284 g/mol. The number of alkyl halides is 1. The fraction of sp³-hybridized carbons (Fsp3) is 0.412. The van der Waals surface area contributed by atoms with Gasteiger partial charge in [-0.3, -0.25) is 9.78 Å². The van der Waals surface area contributed by atoms with Crippen LogP contribution in [0.4, 0.5) is 0 Å². The number of rotatable bonds is 6. The minimum absolute atomic E-state index is 0.0427. The maximum absolute atomic E-state index is 12.3. The molecule has 0 aliphatic carbocycles. The van der Waals surface area contributed by atoms with E-state index in [0.717, 1.165) is 23.6 Å². The summed E-state index contributed by atoms with van der Waals surface area (Å²) < 4.78 is 0. The number of halogens is 1. The molecule has 4 heteroatoms. The molecule has 1 unspecified atom stereocenters. The molecule has 0 radical (unpaired) electrons. The molecule has 0 saturated heterocycles. The summed E-state index contributed by atoms with van der Waals surface area (Å²) in [6.45, 7) is 4.72. The summed E-state index contributed by atoms with van der Waals surface area (Å²) in [7, 11) is 0. The number of fused-ring (bicyclic) bond motifs is 1. The van der Waals surface area contributed by atoms with Gasteiger partial charge in [0.25, 0.3) is 5.91 Å². The molecular formula is C17H21ClN2O. The van der Waals surface area contributed by atoms with Gasteiger partial charge in [0.15, 0.2) is 0 Å². The zero-order valence-electron chi connectivity index (χ0n) is 12.5. The van der Waals surface area contributed by atoms with Crippen LogP contribution in [-0.2, 0) is 0 Å². The molecule has 0 spiro atoms. The quantitative estimate of drug-likeness (QED) is 0.819. The van der Waals surface area contributed by atoms with Crippen molar-refractivity contribution in [2.75, 3.05) is 6.54 Å². The van der Waals surface area contributed by atoms with Crippen LogP contribution < -0.4 is 5.32 Å². The summed E-state index contributed by atoms with van der Waals surface area (Å²) in [5.74, 6) is 0.260. The van der Waals surface area contributed by atoms with E-state index in [2.05, 4.69) is 24.1 Å². The lowest BCUT2D eigenvalue weighted by molar-refractivity contribution is 0.0948. The Bertz CT molecular complexity index is 605. The van der Waals surface area contributed by atoms with E-state index in [9.17, 15) is 4.79 Å². The van der Waals surface area contributed by atoms with Gasteiger partial charge in [0.1, 0.15) is 5.69 Å². The molecule has 0 fully saturated rings. The number of aromatic nitrogens is 1. The smallest absolute Gasteiger partial charge is 0.270 e. The Morgan fingerprint density at radius 1 is 1.24 bits per heavy atom. The Labute approximate surface area is 130 Å². The van der Waals surface area contributed by atoms with Gasteiger partial charge in [-0.05, 0) is 17.4 Å². The largest absolute Gasteiger partial charge is 0.349 e. The SMILES string of the molecule is CCC(CC)C(Cl)CNC(=O)c1nccc2ccccc12. The van der Waals surface area contributed by atoms with Crippen LogP contribution >= 0.6 is 11.6 Å². The number of carbonyl (C=O) groups excluding carboxylic acids is 1. The lowest BCUT2D eigenvalue weighted by atomic mass is 9.99. The Morgan fingerprint density at radius 3 is 2.67 bits per heavy atom. The second-order valence-electron chi connectivity index (χ2n) is 5.18. The number of nitrogens with one attached hydrogen (secondary N) is 1. The van der Waals surface area contributed by atoms with Crippen molar-refractivity contribution in [2.24, 2.45) is 5.92 Å². The van der Waals surface area contributed by atoms with Crippen molar-refractivity contribution in [1.29, 1.82) is 0 Å². The standard InChI is InChI=1S/C17H21ClN2O/c1-3-12(4-2)15(18)11-20-17(21)16-14-8-6-5-7-13(14)9-10-19-16/h5-10,12,15H,3-4,11H2,1-2H3,(H,20,21). The molecule has 2 rings (SSSR count). The number of pyridine rings is 1. The van der Waals surface area contributed by atoms with Gasteiger partial charge in [-0.1, -0.05) is 51.0 Å². The highest BCUT2D eigenvalue weighted by Gasteiger charge is 2.18. The van der Waals surface area contributed by atoms with Crippen LogP contribution in [0.1, 0.15) is 37.2 Å². The minimum Gasteiger partial charge on any atom is -0.349 e. The fourth-order valence-corrected chi connectivity index (χ4v) is 2.97. The molecule has 1 aromatic heterocycles. The topological polar surface area (TPSA) is 42.0 Å². The minimum atomic E-state index is -0.164. The monoisotopic (exact) mass is 304 g/mol. The van der Waals surface area contributed by atoms with Crippen molar-refractivity contribution >= 4 is 28.3 Å². The molecule has 0 bridgehead atoms. The summed E-state index contributed by atoms with van der Waals surface area (Å²) in [5, 5.41) is 4.74. The zero-order valence-corrected chi connectivity index (χ0v) is 13.2. The second kappa shape index (κ2) is 7.41. The first-order chi connectivity index (χ1) is 10.2. The molecule has 21 heavy (non-hydrogen) atoms. The molecule has 1 heterocycles. The third-order valence-electron chi connectivity index (χ3n) is 3.91. The Balaban J connectivity index is 2.09. The predicted octanol–water partition coefficient (Wildman–Crippen LogP) is 4.01. The summed E-state index contributed by atoms with van der Waals surface area (Å²) >= 11 is 6.36. The number of hydrogen-bond acceptors (Lipinski definition) is 2. The van der Waals surface area contributed by atoms with E-state index in [1.54, 1.807) is 6.20 Å². The summed E-state index contributed by atoms with van der Waals surface area (Å²) in [6, 6.07) is 9.65. The van der Waals surface area contributed by atoms with Crippen LogP contribution in [0.25, 0.3) is 10.8 Å². The van der Waals surface area contributed by atoms with E-state index in [-0.39, 0.29) is 11.3 Å². The molecule has 1 atom stereocenters. The molecule has 1 N–H and O–H groups in total. The maximum atomic E-state index is 12.3. The summed E-state index contributed by atoms with van der Waals surface area (Å²) in [6.07, 6.45) is 3.70. The van der Waals surface area contributed by atoms with Crippen LogP contribution in [0, 0.1) is 5.92 Å². The number of amides is 1. The van der Waals surface area contributed by atoms with E-state index in [1.807, 2.05) is 30.3 Å². The summed E-state index contributed by atoms with van der Waals surface area (Å²) in [4.78, 5) is 16.5. The first-order valence-electron chi connectivity index (χ1n) is 7.43. The van der Waals surface area contributed by atoms with Crippen molar-refractivity contribution in [3.05, 3.63) is 42.2 Å². The Kier molecular flexibility index (Phi) is 5.57. The van der Waals surface area contributed by atoms with Gasteiger partial charge in [-0.2, -0.15) is 0 Å². The van der Waals surface area contributed by atoms with Crippen molar-refractivity contribution in [3.63, 3.8) is 0 Å². The van der Waals surface area contributed by atoms with Crippen LogP contribution in [0.2, 0.25) is 0 Å². The molecule has 2 aromatic rings. The first-order valence-corrected chi connectivity index (χ1v) is 7.87. The molecule has 1 amide bonds. The number of nitrogens with zero attached hydrogens (tertiary/aromatic N) is 1. The predicted molar refractivity (Wildman–Crippen MR) is 87.8 cm³/mol. The maximum Gasteiger partial charge on any atom is 0.270 e. The fourth-order valence-electron chi connectivity index (χ4n) is 2.54. The van der Waals surface area contributed by atoms with Gasteiger partial charge in [0.05, 0.1) is 5.38 Å². The average Bonchev–Trinajstić information content (AvgIpc) is 2.53. The van der Waals surface area contributed by atoms with Crippen LogP contribution in [0.3, 0.4) is 0 Å².